The number of nitrogens with zero attached hydrogens (tertiary/aromatic N) is 1. The van der Waals surface area contributed by atoms with Crippen LogP contribution in [0.5, 0.6) is 23.0 Å². The van der Waals surface area contributed by atoms with Crippen molar-refractivity contribution in [2.75, 3.05) is 27.4 Å². The number of ether oxygens (including phenoxy) is 4. The summed E-state index contributed by atoms with van der Waals surface area (Å²) in [5.74, 6) is 2.21. The smallest absolute Gasteiger partial charge is 0.179 e. The van der Waals surface area contributed by atoms with Crippen LogP contribution >= 0.6 is 11.6 Å². The van der Waals surface area contributed by atoms with Gasteiger partial charge in [0.2, 0.25) is 0 Å². The molecule has 2 aromatic carbocycles. The zero-order chi connectivity index (χ0) is 16.7. The summed E-state index contributed by atoms with van der Waals surface area (Å²) in [5, 5.41) is 9.24. The third-order valence-corrected chi connectivity index (χ3v) is 3.28. The highest BCUT2D eigenvalue weighted by Gasteiger charge is 2.12. The second-order valence-electron chi connectivity index (χ2n) is 4.48. The van der Waals surface area contributed by atoms with Crippen LogP contribution in [-0.2, 0) is 0 Å². The number of hydrogen-bond acceptors (Lipinski definition) is 5. The number of hydrogen-bond donors (Lipinski definition) is 0. The molecular weight excluding hydrogens is 318 g/mol. The fourth-order valence-electron chi connectivity index (χ4n) is 1.92. The predicted molar refractivity (Wildman–Crippen MR) is 86.7 cm³/mol. The Morgan fingerprint density at radius 1 is 1.00 bits per heavy atom. The molecule has 0 atom stereocenters. The van der Waals surface area contributed by atoms with Gasteiger partial charge in [0.1, 0.15) is 24.7 Å². The third kappa shape index (κ3) is 4.44. The van der Waals surface area contributed by atoms with Gasteiger partial charge in [0.05, 0.1) is 30.9 Å². The van der Waals surface area contributed by atoms with Crippen LogP contribution in [0.3, 0.4) is 0 Å². The van der Waals surface area contributed by atoms with Gasteiger partial charge in [-0.2, -0.15) is 5.26 Å². The van der Waals surface area contributed by atoms with Crippen LogP contribution in [0.25, 0.3) is 0 Å². The standard InChI is InChI=1S/C17H16ClNO4/c1-20-13-4-3-5-14(10-13)22-6-7-23-17-15(18)8-12(11-19)9-16(17)21-2/h3-5,8-10H,6-7H2,1-2H3. The van der Waals surface area contributed by atoms with Crippen LogP contribution in [0.15, 0.2) is 36.4 Å². The van der Waals surface area contributed by atoms with E-state index in [1.54, 1.807) is 19.2 Å². The summed E-state index contributed by atoms with van der Waals surface area (Å²) >= 11 is 6.11. The van der Waals surface area contributed by atoms with E-state index in [9.17, 15) is 0 Å². The molecule has 2 aromatic rings. The van der Waals surface area contributed by atoms with Gasteiger partial charge in [0, 0.05) is 12.1 Å². The molecule has 0 radical (unpaired) electrons. The summed E-state index contributed by atoms with van der Waals surface area (Å²) in [5.41, 5.74) is 0.409. The average molecular weight is 334 g/mol. The van der Waals surface area contributed by atoms with Crippen molar-refractivity contribution in [3.63, 3.8) is 0 Å². The molecule has 0 bridgehead atoms. The molecule has 0 aliphatic heterocycles. The summed E-state index contributed by atoms with van der Waals surface area (Å²) in [6, 6.07) is 12.4. The normalized spacial score (nSPS) is 9.83. The van der Waals surface area contributed by atoms with E-state index < -0.39 is 0 Å². The third-order valence-electron chi connectivity index (χ3n) is 3.00. The maximum Gasteiger partial charge on any atom is 0.179 e. The molecule has 0 heterocycles. The largest absolute Gasteiger partial charge is 0.497 e. The Kier molecular flexibility index (Phi) is 5.95. The van der Waals surface area contributed by atoms with Gasteiger partial charge in [-0.25, -0.2) is 0 Å². The van der Waals surface area contributed by atoms with Crippen molar-refractivity contribution in [3.8, 4) is 29.1 Å². The first-order valence-electron chi connectivity index (χ1n) is 6.85. The fourth-order valence-corrected chi connectivity index (χ4v) is 2.18. The molecule has 2 rings (SSSR count). The van der Waals surface area contributed by atoms with Gasteiger partial charge in [-0.1, -0.05) is 17.7 Å². The SMILES string of the molecule is COc1cccc(OCCOc2c(Cl)cc(C#N)cc2OC)c1. The topological polar surface area (TPSA) is 60.7 Å². The highest BCUT2D eigenvalue weighted by atomic mass is 35.5. The zero-order valence-corrected chi connectivity index (χ0v) is 13.6. The number of methoxy groups -OCH3 is 2. The Bertz CT molecular complexity index is 712. The van der Waals surface area contributed by atoms with Crippen LogP contribution in [0.4, 0.5) is 0 Å². The maximum absolute atomic E-state index is 8.92. The lowest BCUT2D eigenvalue weighted by molar-refractivity contribution is 0.211. The van der Waals surface area contributed by atoms with Gasteiger partial charge < -0.3 is 18.9 Å². The lowest BCUT2D eigenvalue weighted by atomic mass is 10.2. The molecule has 0 aliphatic carbocycles. The minimum absolute atomic E-state index is 0.277. The molecular formula is C17H16ClNO4. The number of halogens is 1. The molecule has 0 fully saturated rings. The Hall–Kier alpha value is -2.58. The summed E-state index contributed by atoms with van der Waals surface area (Å²) in [6.45, 7) is 0.603. The second kappa shape index (κ2) is 8.16. The van der Waals surface area contributed by atoms with E-state index in [2.05, 4.69) is 0 Å². The lowest BCUT2D eigenvalue weighted by Gasteiger charge is -2.13. The van der Waals surface area contributed by atoms with Crippen LogP contribution in [0.1, 0.15) is 5.56 Å². The lowest BCUT2D eigenvalue weighted by Crippen LogP contribution is -2.10. The van der Waals surface area contributed by atoms with E-state index in [0.717, 1.165) is 5.75 Å². The molecule has 5 nitrogen and oxygen atoms in total. The van der Waals surface area contributed by atoms with Crippen molar-refractivity contribution in [2.45, 2.75) is 0 Å². The predicted octanol–water partition coefficient (Wildman–Crippen LogP) is 3.69. The molecule has 0 aromatic heterocycles. The molecule has 0 unspecified atom stereocenters. The zero-order valence-electron chi connectivity index (χ0n) is 12.8. The van der Waals surface area contributed by atoms with Crippen molar-refractivity contribution in [2.24, 2.45) is 0 Å². The van der Waals surface area contributed by atoms with Crippen molar-refractivity contribution in [1.29, 1.82) is 5.26 Å². The second-order valence-corrected chi connectivity index (χ2v) is 4.88. The minimum atomic E-state index is 0.277. The van der Waals surface area contributed by atoms with Crippen molar-refractivity contribution in [1.82, 2.24) is 0 Å². The molecule has 0 spiro atoms. The average Bonchev–Trinajstić information content (AvgIpc) is 2.59. The molecule has 0 aliphatic rings. The van der Waals surface area contributed by atoms with Crippen LogP contribution in [-0.4, -0.2) is 27.4 Å². The number of rotatable bonds is 7. The Morgan fingerprint density at radius 2 is 1.74 bits per heavy atom. The highest BCUT2D eigenvalue weighted by molar-refractivity contribution is 6.32. The molecule has 0 N–H and O–H groups in total. The van der Waals surface area contributed by atoms with E-state index in [-0.39, 0.29) is 6.61 Å². The van der Waals surface area contributed by atoms with Gasteiger partial charge in [0.15, 0.2) is 11.5 Å². The summed E-state index contributed by atoms with van der Waals surface area (Å²) < 4.78 is 21.5. The molecule has 6 heteroatoms. The first-order chi connectivity index (χ1) is 11.2. The van der Waals surface area contributed by atoms with Crippen molar-refractivity contribution in [3.05, 3.63) is 47.0 Å². The summed E-state index contributed by atoms with van der Waals surface area (Å²) in [6.07, 6.45) is 0. The molecule has 0 amide bonds. The van der Waals surface area contributed by atoms with Crippen LogP contribution in [0.2, 0.25) is 5.02 Å². The van der Waals surface area contributed by atoms with E-state index >= 15 is 0 Å². The van der Waals surface area contributed by atoms with Gasteiger partial charge >= 0.3 is 0 Å². The van der Waals surface area contributed by atoms with Crippen molar-refractivity contribution >= 4 is 11.6 Å². The van der Waals surface area contributed by atoms with Crippen molar-refractivity contribution < 1.29 is 18.9 Å². The van der Waals surface area contributed by atoms with Crippen LogP contribution < -0.4 is 18.9 Å². The quantitative estimate of drug-likeness (QED) is 0.723. The van der Waals surface area contributed by atoms with E-state index in [1.165, 1.54) is 13.2 Å². The Morgan fingerprint density at radius 3 is 2.43 bits per heavy atom. The van der Waals surface area contributed by atoms with Gasteiger partial charge in [-0.05, 0) is 18.2 Å². The van der Waals surface area contributed by atoms with Gasteiger partial charge in [-0.15, -0.1) is 0 Å². The Labute approximate surface area is 139 Å². The molecule has 23 heavy (non-hydrogen) atoms. The summed E-state index contributed by atoms with van der Waals surface area (Å²) in [4.78, 5) is 0. The first kappa shape index (κ1) is 16.8. The van der Waals surface area contributed by atoms with Gasteiger partial charge in [-0.3, -0.25) is 0 Å². The van der Waals surface area contributed by atoms with E-state index in [1.807, 2.05) is 24.3 Å². The van der Waals surface area contributed by atoms with E-state index in [4.69, 9.17) is 35.8 Å². The van der Waals surface area contributed by atoms with Crippen LogP contribution in [0, 0.1) is 11.3 Å². The fraction of sp³-hybridized carbons (Fsp3) is 0.235. The highest BCUT2D eigenvalue weighted by Crippen LogP contribution is 2.36. The minimum Gasteiger partial charge on any atom is -0.497 e. The summed E-state index contributed by atoms with van der Waals surface area (Å²) in [7, 11) is 3.09. The van der Waals surface area contributed by atoms with E-state index in [0.29, 0.717) is 34.4 Å². The monoisotopic (exact) mass is 333 g/mol. The molecule has 0 saturated carbocycles. The maximum atomic E-state index is 8.92. The van der Waals surface area contributed by atoms with Gasteiger partial charge in [0.25, 0.3) is 0 Å². The first-order valence-corrected chi connectivity index (χ1v) is 7.23. The number of nitriles is 1. The molecule has 120 valence electrons. The molecule has 0 saturated heterocycles. The number of benzene rings is 2. The Balaban J connectivity index is 1.95.